The predicted molar refractivity (Wildman–Crippen MR) is 112 cm³/mol. The van der Waals surface area contributed by atoms with Crippen molar-refractivity contribution in [3.8, 4) is 6.07 Å². The molecule has 28 heavy (non-hydrogen) atoms. The first-order valence-electron chi connectivity index (χ1n) is 9.20. The molecule has 4 rings (SSSR count). The van der Waals surface area contributed by atoms with E-state index in [9.17, 15) is 4.79 Å². The molecule has 2 N–H and O–H groups in total. The van der Waals surface area contributed by atoms with Gasteiger partial charge in [0.15, 0.2) is 5.82 Å². The van der Waals surface area contributed by atoms with Crippen LogP contribution in [0.5, 0.6) is 0 Å². The molecule has 0 saturated carbocycles. The second kappa shape index (κ2) is 8.32. The highest BCUT2D eigenvalue weighted by Crippen LogP contribution is 2.30. The van der Waals surface area contributed by atoms with Gasteiger partial charge in [0.1, 0.15) is 0 Å². The Balaban J connectivity index is 0.00000225. The molecule has 0 spiro atoms. The number of anilines is 2. The van der Waals surface area contributed by atoms with E-state index in [4.69, 9.17) is 5.26 Å². The molecule has 1 aromatic carbocycles. The minimum absolute atomic E-state index is 0. The number of aromatic amines is 1. The molecule has 6 nitrogen and oxygen atoms in total. The number of aryl methyl sites for hydroxylation is 1. The molecule has 1 fully saturated rings. The maximum absolute atomic E-state index is 13.0. The zero-order chi connectivity index (χ0) is 18.8. The number of likely N-dealkylation sites (tertiary alicyclic amines) is 1. The normalized spacial score (nSPS) is 13.6. The summed E-state index contributed by atoms with van der Waals surface area (Å²) in [6, 6.07) is 9.38. The standard InChI is InChI=1S/C21H21N5O.ClH/c1-14-12-23-19-18(14)17(21(27)26-8-3-2-4-9-26)13-24-20(19)25-16-7-5-6-15(10-16)11-22;/h5-7,10,12-13,23H,2-4,8-9H2,1H3,(H,24,25);1H. The lowest BCUT2D eigenvalue weighted by Gasteiger charge is -2.27. The maximum atomic E-state index is 13.0. The third-order valence-corrected chi connectivity index (χ3v) is 5.03. The van der Waals surface area contributed by atoms with E-state index in [1.54, 1.807) is 18.3 Å². The van der Waals surface area contributed by atoms with Gasteiger partial charge in [-0.25, -0.2) is 4.98 Å². The van der Waals surface area contributed by atoms with Gasteiger partial charge in [0, 0.05) is 36.6 Å². The first-order valence-corrected chi connectivity index (χ1v) is 9.20. The van der Waals surface area contributed by atoms with Gasteiger partial charge in [-0.1, -0.05) is 6.07 Å². The molecule has 0 bridgehead atoms. The minimum atomic E-state index is 0. The third kappa shape index (κ3) is 3.67. The molecule has 0 radical (unpaired) electrons. The van der Waals surface area contributed by atoms with Crippen LogP contribution >= 0.6 is 12.4 Å². The summed E-state index contributed by atoms with van der Waals surface area (Å²) in [5.74, 6) is 0.691. The number of hydrogen-bond acceptors (Lipinski definition) is 4. The van der Waals surface area contributed by atoms with Crippen molar-refractivity contribution in [1.29, 1.82) is 5.26 Å². The fourth-order valence-corrected chi connectivity index (χ4v) is 3.64. The lowest BCUT2D eigenvalue weighted by Crippen LogP contribution is -2.35. The number of pyridine rings is 1. The van der Waals surface area contributed by atoms with Gasteiger partial charge in [-0.3, -0.25) is 4.79 Å². The van der Waals surface area contributed by atoms with E-state index >= 15 is 0 Å². The molecule has 0 unspecified atom stereocenters. The number of halogens is 1. The summed E-state index contributed by atoms with van der Waals surface area (Å²) >= 11 is 0. The zero-order valence-electron chi connectivity index (χ0n) is 15.7. The van der Waals surface area contributed by atoms with Crippen LogP contribution in [0, 0.1) is 18.3 Å². The van der Waals surface area contributed by atoms with Crippen molar-refractivity contribution >= 4 is 40.7 Å². The highest BCUT2D eigenvalue weighted by atomic mass is 35.5. The Morgan fingerprint density at radius 2 is 2.07 bits per heavy atom. The van der Waals surface area contributed by atoms with E-state index in [0.717, 1.165) is 48.1 Å². The van der Waals surface area contributed by atoms with Gasteiger partial charge >= 0.3 is 0 Å². The lowest BCUT2D eigenvalue weighted by atomic mass is 10.1. The zero-order valence-corrected chi connectivity index (χ0v) is 16.5. The fourth-order valence-electron chi connectivity index (χ4n) is 3.64. The van der Waals surface area contributed by atoms with Gasteiger partial charge in [0.25, 0.3) is 5.91 Å². The first kappa shape index (κ1) is 19.7. The Bertz CT molecular complexity index is 1050. The largest absolute Gasteiger partial charge is 0.358 e. The van der Waals surface area contributed by atoms with Crippen molar-refractivity contribution in [2.45, 2.75) is 26.2 Å². The van der Waals surface area contributed by atoms with Crippen LogP contribution in [0.25, 0.3) is 10.9 Å². The third-order valence-electron chi connectivity index (χ3n) is 5.03. The number of hydrogen-bond donors (Lipinski definition) is 2. The number of nitrogens with zero attached hydrogens (tertiary/aromatic N) is 3. The number of rotatable bonds is 3. The number of nitrogens with one attached hydrogen (secondary N) is 2. The highest BCUT2D eigenvalue weighted by molar-refractivity contribution is 6.10. The summed E-state index contributed by atoms with van der Waals surface area (Å²) in [7, 11) is 0. The summed E-state index contributed by atoms with van der Waals surface area (Å²) in [6.07, 6.45) is 6.87. The summed E-state index contributed by atoms with van der Waals surface area (Å²) in [5.41, 5.74) is 3.82. The van der Waals surface area contributed by atoms with Crippen LogP contribution in [0.3, 0.4) is 0 Å². The van der Waals surface area contributed by atoms with Crippen molar-refractivity contribution in [1.82, 2.24) is 14.9 Å². The molecular weight excluding hydrogens is 374 g/mol. The van der Waals surface area contributed by atoms with Crippen molar-refractivity contribution < 1.29 is 4.79 Å². The highest BCUT2D eigenvalue weighted by Gasteiger charge is 2.23. The number of amides is 1. The number of H-pyrrole nitrogens is 1. The van der Waals surface area contributed by atoms with Gasteiger partial charge in [0.2, 0.25) is 0 Å². The van der Waals surface area contributed by atoms with Crippen LogP contribution in [0.1, 0.15) is 40.7 Å². The van der Waals surface area contributed by atoms with E-state index in [-0.39, 0.29) is 18.3 Å². The second-order valence-corrected chi connectivity index (χ2v) is 6.91. The number of nitriles is 1. The molecule has 1 aliphatic rings. The molecule has 1 amide bonds. The lowest BCUT2D eigenvalue weighted by molar-refractivity contribution is 0.0726. The molecule has 1 saturated heterocycles. The summed E-state index contributed by atoms with van der Waals surface area (Å²) in [6.45, 7) is 3.61. The van der Waals surface area contributed by atoms with Gasteiger partial charge in [0.05, 0.1) is 22.7 Å². The number of carbonyl (C=O) groups is 1. The summed E-state index contributed by atoms with van der Waals surface area (Å²) < 4.78 is 0. The topological polar surface area (TPSA) is 84.8 Å². The molecule has 7 heteroatoms. The van der Waals surface area contributed by atoms with Gasteiger partial charge in [-0.2, -0.15) is 5.26 Å². The quantitative estimate of drug-likeness (QED) is 0.682. The average Bonchev–Trinajstić information content (AvgIpc) is 3.11. The van der Waals surface area contributed by atoms with E-state index in [0.29, 0.717) is 16.9 Å². The van der Waals surface area contributed by atoms with Crippen molar-refractivity contribution in [2.75, 3.05) is 18.4 Å². The maximum Gasteiger partial charge on any atom is 0.256 e. The molecule has 0 aliphatic carbocycles. The van der Waals surface area contributed by atoms with Crippen molar-refractivity contribution in [3.05, 3.63) is 53.3 Å². The number of aromatic nitrogens is 2. The molecule has 2 aromatic heterocycles. The van der Waals surface area contributed by atoms with Crippen LogP contribution < -0.4 is 5.32 Å². The summed E-state index contributed by atoms with van der Waals surface area (Å²) in [4.78, 5) is 22.7. The SMILES string of the molecule is Cc1c[nH]c2c(Nc3cccc(C#N)c3)ncc(C(=O)N3CCCCC3)c12.Cl. The van der Waals surface area contributed by atoms with Crippen LogP contribution in [-0.2, 0) is 0 Å². The van der Waals surface area contributed by atoms with Crippen molar-refractivity contribution in [2.24, 2.45) is 0 Å². The number of piperidine rings is 1. The molecule has 144 valence electrons. The Hall–Kier alpha value is -3.04. The van der Waals surface area contributed by atoms with E-state index in [1.807, 2.05) is 30.2 Å². The Kier molecular flexibility index (Phi) is 5.86. The number of benzene rings is 1. The molecule has 0 atom stereocenters. The number of carbonyl (C=O) groups excluding carboxylic acids is 1. The smallest absolute Gasteiger partial charge is 0.256 e. The molecular formula is C21H22ClN5O. The van der Waals surface area contributed by atoms with E-state index < -0.39 is 0 Å². The van der Waals surface area contributed by atoms with E-state index in [1.165, 1.54) is 6.42 Å². The first-order chi connectivity index (χ1) is 13.2. The Labute approximate surface area is 170 Å². The summed E-state index contributed by atoms with van der Waals surface area (Å²) in [5, 5.41) is 13.2. The Morgan fingerprint density at radius 3 is 2.82 bits per heavy atom. The fraction of sp³-hybridized carbons (Fsp3) is 0.286. The monoisotopic (exact) mass is 395 g/mol. The number of fused-ring (bicyclic) bond motifs is 1. The van der Waals surface area contributed by atoms with Crippen LogP contribution in [-0.4, -0.2) is 33.9 Å². The molecule has 3 aromatic rings. The van der Waals surface area contributed by atoms with Crippen LogP contribution in [0.2, 0.25) is 0 Å². The minimum Gasteiger partial charge on any atom is -0.358 e. The van der Waals surface area contributed by atoms with Crippen LogP contribution in [0.15, 0.2) is 36.7 Å². The van der Waals surface area contributed by atoms with Crippen LogP contribution in [0.4, 0.5) is 11.5 Å². The van der Waals surface area contributed by atoms with Crippen molar-refractivity contribution in [3.63, 3.8) is 0 Å². The van der Waals surface area contributed by atoms with E-state index in [2.05, 4.69) is 21.4 Å². The predicted octanol–water partition coefficient (Wildman–Crippen LogP) is 4.53. The molecule has 1 aliphatic heterocycles. The average molecular weight is 396 g/mol. The van der Waals surface area contributed by atoms with Gasteiger partial charge in [-0.05, 0) is 49.9 Å². The Morgan fingerprint density at radius 1 is 1.29 bits per heavy atom. The molecule has 3 heterocycles. The second-order valence-electron chi connectivity index (χ2n) is 6.91. The van der Waals surface area contributed by atoms with Gasteiger partial charge in [-0.15, -0.1) is 12.4 Å². The van der Waals surface area contributed by atoms with Gasteiger partial charge < -0.3 is 15.2 Å².